The molecule has 4 aromatic rings. The highest BCUT2D eigenvalue weighted by Crippen LogP contribution is 2.37. The molecule has 2 amide bonds. The van der Waals surface area contributed by atoms with Gasteiger partial charge in [-0.15, -0.1) is 22.0 Å². The zero-order valence-corrected chi connectivity index (χ0v) is 20.0. The van der Waals surface area contributed by atoms with Crippen molar-refractivity contribution in [3.05, 3.63) is 105 Å². The normalized spacial score (nSPS) is 11.5. The smallest absolute Gasteiger partial charge is 0.270 e. The molecule has 0 spiro atoms. The lowest BCUT2D eigenvalue weighted by Crippen LogP contribution is -2.19. The van der Waals surface area contributed by atoms with Crippen LogP contribution in [0, 0.1) is 17.0 Å². The number of non-ortho nitro benzene ring substituents is 1. The number of amides is 2. The van der Waals surface area contributed by atoms with Crippen LogP contribution in [0.3, 0.4) is 0 Å². The molecule has 2 N–H and O–H groups in total. The van der Waals surface area contributed by atoms with Crippen molar-refractivity contribution in [1.82, 2.24) is 10.2 Å². The van der Waals surface area contributed by atoms with Crippen LogP contribution in [0.2, 0.25) is 0 Å². The second-order valence-corrected chi connectivity index (χ2v) is 9.67. The third kappa shape index (κ3) is 6.28. The van der Waals surface area contributed by atoms with E-state index in [1.807, 2.05) is 37.3 Å². The second-order valence-electron chi connectivity index (χ2n) is 7.31. The first-order chi connectivity index (χ1) is 16.9. The van der Waals surface area contributed by atoms with Crippen molar-refractivity contribution in [3.8, 4) is 0 Å². The molecule has 0 radical (unpaired) electrons. The highest BCUT2D eigenvalue weighted by Gasteiger charge is 2.23. The Balaban J connectivity index is 1.47. The Morgan fingerprint density at radius 3 is 2.37 bits per heavy atom. The maximum Gasteiger partial charge on any atom is 0.270 e. The van der Waals surface area contributed by atoms with E-state index in [4.69, 9.17) is 0 Å². The Hall–Kier alpha value is -4.09. The van der Waals surface area contributed by atoms with Crippen molar-refractivity contribution >= 4 is 51.4 Å². The fourth-order valence-electron chi connectivity index (χ4n) is 3.14. The number of carbonyl (C=O) groups excluding carboxylic acids is 2. The van der Waals surface area contributed by atoms with Crippen LogP contribution in [0.4, 0.5) is 16.5 Å². The summed E-state index contributed by atoms with van der Waals surface area (Å²) in [5.74, 6) is -0.677. The van der Waals surface area contributed by atoms with Crippen LogP contribution >= 0.6 is 23.1 Å². The summed E-state index contributed by atoms with van der Waals surface area (Å²) in [4.78, 5) is 36.8. The van der Waals surface area contributed by atoms with Crippen molar-refractivity contribution in [1.29, 1.82) is 0 Å². The Morgan fingerprint density at radius 1 is 0.971 bits per heavy atom. The zero-order chi connectivity index (χ0) is 24.8. The summed E-state index contributed by atoms with van der Waals surface area (Å²) in [6, 6.07) is 21.9. The maximum atomic E-state index is 13.1. The number of nitro benzene ring substituents is 1. The number of aromatic nitrogens is 2. The molecule has 1 heterocycles. The summed E-state index contributed by atoms with van der Waals surface area (Å²) in [6.45, 7) is 1.82. The molecule has 0 aliphatic heterocycles. The summed E-state index contributed by atoms with van der Waals surface area (Å²) in [5.41, 5.74) is 1.39. The number of aryl methyl sites for hydroxylation is 1. The minimum atomic E-state index is -0.547. The lowest BCUT2D eigenvalue weighted by atomic mass is 10.1. The molecule has 11 heteroatoms. The summed E-state index contributed by atoms with van der Waals surface area (Å²) in [5, 5.41) is 25.1. The number of nitrogens with zero attached hydrogens (tertiary/aromatic N) is 3. The molecule has 9 nitrogen and oxygen atoms in total. The average Bonchev–Trinajstić information content (AvgIpc) is 3.28. The fraction of sp³-hybridized carbons (Fsp3) is 0.0833. The van der Waals surface area contributed by atoms with Crippen LogP contribution in [-0.4, -0.2) is 26.9 Å². The number of rotatable bonds is 8. The molecule has 0 aliphatic carbocycles. The first-order valence-electron chi connectivity index (χ1n) is 10.4. The predicted octanol–water partition coefficient (Wildman–Crippen LogP) is 5.48. The molecular weight excluding hydrogens is 486 g/mol. The van der Waals surface area contributed by atoms with Gasteiger partial charge in [-0.3, -0.25) is 25.0 Å². The van der Waals surface area contributed by atoms with E-state index in [1.165, 1.54) is 47.4 Å². The van der Waals surface area contributed by atoms with Gasteiger partial charge >= 0.3 is 0 Å². The number of nitro groups is 1. The van der Waals surface area contributed by atoms with Crippen LogP contribution in [0.15, 0.2) is 83.8 Å². The third-order valence-corrected chi connectivity index (χ3v) is 6.80. The van der Waals surface area contributed by atoms with E-state index < -0.39 is 16.1 Å². The van der Waals surface area contributed by atoms with Gasteiger partial charge in [0, 0.05) is 28.3 Å². The van der Waals surface area contributed by atoms with Gasteiger partial charge in [0.1, 0.15) is 10.3 Å². The van der Waals surface area contributed by atoms with Gasteiger partial charge in [-0.1, -0.05) is 47.7 Å². The molecule has 35 heavy (non-hydrogen) atoms. The number of hydrogen-bond acceptors (Lipinski definition) is 8. The van der Waals surface area contributed by atoms with E-state index in [0.717, 1.165) is 15.5 Å². The molecule has 4 rings (SSSR count). The van der Waals surface area contributed by atoms with Crippen LogP contribution < -0.4 is 10.6 Å². The summed E-state index contributed by atoms with van der Waals surface area (Å²) in [6.07, 6.45) is 0. The molecule has 0 fully saturated rings. The fourth-order valence-corrected chi connectivity index (χ4v) is 4.75. The van der Waals surface area contributed by atoms with Crippen LogP contribution in [-0.2, 0) is 4.79 Å². The molecular formula is C24H19N5O4S2. The van der Waals surface area contributed by atoms with Gasteiger partial charge in [0.25, 0.3) is 11.6 Å². The van der Waals surface area contributed by atoms with Gasteiger partial charge in [-0.05, 0) is 42.8 Å². The number of nitrogens with one attached hydrogen (secondary N) is 2. The van der Waals surface area contributed by atoms with Crippen molar-refractivity contribution in [2.45, 2.75) is 17.1 Å². The van der Waals surface area contributed by atoms with E-state index in [9.17, 15) is 19.7 Å². The molecule has 3 aromatic carbocycles. The van der Waals surface area contributed by atoms with Gasteiger partial charge in [-0.25, -0.2) is 0 Å². The molecule has 176 valence electrons. The second kappa shape index (κ2) is 10.9. The number of anilines is 2. The zero-order valence-electron chi connectivity index (χ0n) is 18.4. The van der Waals surface area contributed by atoms with Gasteiger partial charge in [0.15, 0.2) is 0 Å². The molecule has 1 atom stereocenters. The van der Waals surface area contributed by atoms with E-state index in [-0.39, 0.29) is 17.2 Å². The number of carbonyl (C=O) groups is 2. The minimum absolute atomic E-state index is 0.154. The first-order valence-corrected chi connectivity index (χ1v) is 12.1. The molecule has 1 unspecified atom stereocenters. The summed E-state index contributed by atoms with van der Waals surface area (Å²) >= 11 is 2.66. The molecule has 0 saturated heterocycles. The Kier molecular flexibility index (Phi) is 7.48. The lowest BCUT2D eigenvalue weighted by Gasteiger charge is -2.16. The standard InChI is InChI=1S/C24H19N5O4S2/c1-15-27-28-24(34-15)26-23(31)21(16-6-3-2-4-7-16)35-20-12-10-18(11-13-20)25-22(30)17-8-5-9-19(14-17)29(32)33/h2-14,21H,1H3,(H,25,30)(H,26,28,31). The monoisotopic (exact) mass is 505 g/mol. The number of thioether (sulfide) groups is 1. The molecule has 0 aliphatic rings. The maximum absolute atomic E-state index is 13.1. The highest BCUT2D eigenvalue weighted by atomic mass is 32.2. The Morgan fingerprint density at radius 2 is 1.71 bits per heavy atom. The Bertz CT molecular complexity index is 1360. The Labute approximate surface area is 208 Å². The topological polar surface area (TPSA) is 127 Å². The molecule has 0 saturated carbocycles. The number of hydrogen-bond donors (Lipinski definition) is 2. The van der Waals surface area contributed by atoms with E-state index in [0.29, 0.717) is 10.8 Å². The SMILES string of the molecule is Cc1nnc(NC(=O)C(Sc2ccc(NC(=O)c3cccc([N+](=O)[O-])c3)cc2)c2ccccc2)s1. The van der Waals surface area contributed by atoms with Gasteiger partial charge in [0.2, 0.25) is 11.0 Å². The van der Waals surface area contributed by atoms with Crippen LogP contribution in [0.1, 0.15) is 26.2 Å². The average molecular weight is 506 g/mol. The van der Waals surface area contributed by atoms with E-state index >= 15 is 0 Å². The summed E-state index contributed by atoms with van der Waals surface area (Å²) < 4.78 is 0. The van der Waals surface area contributed by atoms with Crippen LogP contribution in [0.5, 0.6) is 0 Å². The van der Waals surface area contributed by atoms with E-state index in [1.54, 1.807) is 24.3 Å². The van der Waals surface area contributed by atoms with Crippen LogP contribution in [0.25, 0.3) is 0 Å². The van der Waals surface area contributed by atoms with E-state index in [2.05, 4.69) is 20.8 Å². The summed E-state index contributed by atoms with van der Waals surface area (Å²) in [7, 11) is 0. The lowest BCUT2D eigenvalue weighted by molar-refractivity contribution is -0.384. The van der Waals surface area contributed by atoms with Gasteiger partial charge in [-0.2, -0.15) is 0 Å². The third-order valence-electron chi connectivity index (χ3n) is 4.78. The van der Waals surface area contributed by atoms with Gasteiger partial charge < -0.3 is 5.32 Å². The van der Waals surface area contributed by atoms with Crippen molar-refractivity contribution in [2.24, 2.45) is 0 Å². The minimum Gasteiger partial charge on any atom is -0.322 e. The van der Waals surface area contributed by atoms with Gasteiger partial charge in [0.05, 0.1) is 4.92 Å². The number of benzene rings is 3. The largest absolute Gasteiger partial charge is 0.322 e. The predicted molar refractivity (Wildman–Crippen MR) is 136 cm³/mol. The molecule has 1 aromatic heterocycles. The van der Waals surface area contributed by atoms with Crippen molar-refractivity contribution < 1.29 is 14.5 Å². The van der Waals surface area contributed by atoms with Crippen molar-refractivity contribution in [2.75, 3.05) is 10.6 Å². The first kappa shape index (κ1) is 24.0. The van der Waals surface area contributed by atoms with Crippen molar-refractivity contribution in [3.63, 3.8) is 0 Å². The highest BCUT2D eigenvalue weighted by molar-refractivity contribution is 8.00. The molecule has 0 bridgehead atoms. The quantitative estimate of drug-likeness (QED) is 0.184.